The van der Waals surface area contributed by atoms with Crippen LogP contribution in [-0.2, 0) is 16.1 Å². The molecule has 0 radical (unpaired) electrons. The van der Waals surface area contributed by atoms with E-state index < -0.39 is 5.54 Å². The van der Waals surface area contributed by atoms with Gasteiger partial charge in [0, 0.05) is 12.2 Å². The van der Waals surface area contributed by atoms with Crippen molar-refractivity contribution in [2.75, 3.05) is 17.9 Å². The second-order valence-corrected chi connectivity index (χ2v) is 8.58. The first kappa shape index (κ1) is 25.1. The summed E-state index contributed by atoms with van der Waals surface area (Å²) in [5.41, 5.74) is 1.10. The number of aryl methyl sites for hydroxylation is 1. The van der Waals surface area contributed by atoms with Gasteiger partial charge in [0.2, 0.25) is 11.8 Å². The van der Waals surface area contributed by atoms with Crippen molar-refractivity contribution < 1.29 is 19.1 Å². The van der Waals surface area contributed by atoms with Crippen LogP contribution in [0.25, 0.3) is 0 Å². The summed E-state index contributed by atoms with van der Waals surface area (Å²) in [7, 11) is 1.60. The Hall–Kier alpha value is -3.51. The quantitative estimate of drug-likeness (QED) is 0.413. The first-order chi connectivity index (χ1) is 16.3. The van der Waals surface area contributed by atoms with Crippen molar-refractivity contribution in [3.63, 3.8) is 0 Å². The largest absolute Gasteiger partial charge is 0.497 e. The van der Waals surface area contributed by atoms with E-state index in [1.807, 2.05) is 67.6 Å². The van der Waals surface area contributed by atoms with E-state index in [-0.39, 0.29) is 17.7 Å². The maximum atomic E-state index is 13.2. The number of hydrogen-bond donors (Lipinski definition) is 1. The number of hydrogen-bond acceptors (Lipinski definition) is 4. The Morgan fingerprint density at radius 3 is 2.18 bits per heavy atom. The van der Waals surface area contributed by atoms with Gasteiger partial charge in [-0.05, 0) is 74.4 Å². The van der Waals surface area contributed by atoms with Crippen molar-refractivity contribution in [2.45, 2.75) is 32.9 Å². The summed E-state index contributed by atoms with van der Waals surface area (Å²) in [5, 5.41) is 2.93. The highest BCUT2D eigenvalue weighted by atomic mass is 35.5. The molecule has 0 bridgehead atoms. The normalized spacial score (nSPS) is 11.0. The van der Waals surface area contributed by atoms with E-state index in [9.17, 15) is 9.59 Å². The third-order valence-electron chi connectivity index (χ3n) is 5.48. The van der Waals surface area contributed by atoms with Gasteiger partial charge in [-0.25, -0.2) is 0 Å². The summed E-state index contributed by atoms with van der Waals surface area (Å²) in [6.45, 7) is 5.59. The highest BCUT2D eigenvalue weighted by Crippen LogP contribution is 2.32. The van der Waals surface area contributed by atoms with Crippen LogP contribution >= 0.6 is 11.6 Å². The van der Waals surface area contributed by atoms with Crippen molar-refractivity contribution in [1.29, 1.82) is 0 Å². The molecule has 0 spiro atoms. The van der Waals surface area contributed by atoms with Crippen LogP contribution in [0.1, 0.15) is 25.0 Å². The summed E-state index contributed by atoms with van der Waals surface area (Å²) < 4.78 is 11.1. The van der Waals surface area contributed by atoms with Crippen LogP contribution in [-0.4, -0.2) is 30.3 Å². The SMILES string of the molecule is COc1ccc(CNC(=O)C(C)(C)N(C(=O)CCl)c2ccc(Oc3ccccc3)cc2C)cc1. The molecule has 0 fully saturated rings. The lowest BCUT2D eigenvalue weighted by atomic mass is 9.98. The Morgan fingerprint density at radius 2 is 1.59 bits per heavy atom. The molecule has 0 aromatic heterocycles. The van der Waals surface area contributed by atoms with Crippen molar-refractivity contribution in [2.24, 2.45) is 0 Å². The maximum Gasteiger partial charge on any atom is 0.246 e. The summed E-state index contributed by atoms with van der Waals surface area (Å²) in [5.74, 6) is 1.16. The van der Waals surface area contributed by atoms with Gasteiger partial charge in [0.15, 0.2) is 0 Å². The van der Waals surface area contributed by atoms with E-state index >= 15 is 0 Å². The lowest BCUT2D eigenvalue weighted by Gasteiger charge is -2.38. The number of alkyl halides is 1. The van der Waals surface area contributed by atoms with E-state index in [2.05, 4.69) is 5.32 Å². The van der Waals surface area contributed by atoms with Crippen LogP contribution in [0.3, 0.4) is 0 Å². The summed E-state index contributed by atoms with van der Waals surface area (Å²) >= 11 is 5.94. The summed E-state index contributed by atoms with van der Waals surface area (Å²) in [4.78, 5) is 27.6. The van der Waals surface area contributed by atoms with Gasteiger partial charge in [-0.2, -0.15) is 0 Å². The van der Waals surface area contributed by atoms with Gasteiger partial charge in [-0.1, -0.05) is 30.3 Å². The van der Waals surface area contributed by atoms with Crippen LogP contribution in [0.4, 0.5) is 5.69 Å². The van der Waals surface area contributed by atoms with Gasteiger partial charge in [-0.15, -0.1) is 11.6 Å². The number of ether oxygens (including phenoxy) is 2. The predicted molar refractivity (Wildman–Crippen MR) is 135 cm³/mol. The molecule has 0 heterocycles. The standard InChI is InChI=1S/C27H29ClN2O4/c1-19-16-23(34-22-8-6-5-7-9-22)14-15-24(19)30(25(31)17-28)27(2,3)26(32)29-18-20-10-12-21(33-4)13-11-20/h5-16H,17-18H2,1-4H3,(H,29,32). The molecule has 0 aliphatic heterocycles. The van der Waals surface area contributed by atoms with Crippen molar-refractivity contribution in [3.05, 3.63) is 83.9 Å². The van der Waals surface area contributed by atoms with E-state index in [1.165, 1.54) is 4.90 Å². The Bertz CT molecular complexity index is 1130. The molecule has 1 N–H and O–H groups in total. The number of anilines is 1. The molecule has 0 atom stereocenters. The van der Waals surface area contributed by atoms with E-state index in [1.54, 1.807) is 33.1 Å². The Morgan fingerprint density at radius 1 is 0.941 bits per heavy atom. The van der Waals surface area contributed by atoms with E-state index in [4.69, 9.17) is 21.1 Å². The number of para-hydroxylation sites is 1. The zero-order chi connectivity index (χ0) is 24.7. The number of rotatable bonds is 9. The maximum absolute atomic E-state index is 13.2. The molecule has 3 aromatic rings. The number of amides is 2. The molecule has 0 saturated heterocycles. The van der Waals surface area contributed by atoms with Crippen LogP contribution in [0.15, 0.2) is 72.8 Å². The monoisotopic (exact) mass is 480 g/mol. The minimum atomic E-state index is -1.19. The number of methoxy groups -OCH3 is 1. The molecular weight excluding hydrogens is 452 g/mol. The third-order valence-corrected chi connectivity index (χ3v) is 5.71. The van der Waals surface area contributed by atoms with Gasteiger partial charge in [-0.3, -0.25) is 14.5 Å². The fraction of sp³-hybridized carbons (Fsp3) is 0.259. The number of carbonyl (C=O) groups is 2. The van der Waals surface area contributed by atoms with Gasteiger partial charge < -0.3 is 14.8 Å². The number of halogens is 1. The van der Waals surface area contributed by atoms with Crippen LogP contribution in [0.2, 0.25) is 0 Å². The molecule has 178 valence electrons. The first-order valence-electron chi connectivity index (χ1n) is 10.9. The number of carbonyl (C=O) groups excluding carboxylic acids is 2. The molecule has 3 rings (SSSR count). The first-order valence-corrected chi connectivity index (χ1v) is 11.4. The molecule has 2 amide bonds. The van der Waals surface area contributed by atoms with E-state index in [0.717, 1.165) is 16.9 Å². The Labute approximate surface area is 205 Å². The lowest BCUT2D eigenvalue weighted by Crippen LogP contribution is -2.58. The molecule has 34 heavy (non-hydrogen) atoms. The molecular formula is C27H29ClN2O4. The van der Waals surface area contributed by atoms with Crippen molar-refractivity contribution in [1.82, 2.24) is 5.32 Å². The highest BCUT2D eigenvalue weighted by molar-refractivity contribution is 6.30. The summed E-state index contributed by atoms with van der Waals surface area (Å²) in [6.07, 6.45) is 0. The van der Waals surface area contributed by atoms with E-state index in [0.29, 0.717) is 23.7 Å². The molecule has 0 aliphatic carbocycles. The van der Waals surface area contributed by atoms with Gasteiger partial charge >= 0.3 is 0 Å². The van der Waals surface area contributed by atoms with Crippen LogP contribution < -0.4 is 19.7 Å². The zero-order valence-electron chi connectivity index (χ0n) is 19.8. The average Bonchev–Trinajstić information content (AvgIpc) is 2.84. The summed E-state index contributed by atoms with van der Waals surface area (Å²) in [6, 6.07) is 22.2. The molecule has 6 nitrogen and oxygen atoms in total. The minimum absolute atomic E-state index is 0.253. The number of nitrogens with one attached hydrogen (secondary N) is 1. The van der Waals surface area contributed by atoms with Crippen LogP contribution in [0, 0.1) is 6.92 Å². The third kappa shape index (κ3) is 5.88. The second kappa shape index (κ2) is 11.1. The van der Waals surface area contributed by atoms with Gasteiger partial charge in [0.05, 0.1) is 7.11 Å². The number of nitrogens with zero attached hydrogens (tertiary/aromatic N) is 1. The molecule has 7 heteroatoms. The van der Waals surface area contributed by atoms with Crippen LogP contribution in [0.5, 0.6) is 17.2 Å². The van der Waals surface area contributed by atoms with Crippen molar-refractivity contribution in [3.8, 4) is 17.2 Å². The number of benzene rings is 3. The Kier molecular flexibility index (Phi) is 8.18. The molecule has 0 unspecified atom stereocenters. The second-order valence-electron chi connectivity index (χ2n) is 8.32. The van der Waals surface area contributed by atoms with Gasteiger partial charge in [0.1, 0.15) is 28.7 Å². The zero-order valence-corrected chi connectivity index (χ0v) is 20.6. The van der Waals surface area contributed by atoms with Crippen molar-refractivity contribution >= 4 is 29.1 Å². The molecule has 0 aliphatic rings. The molecule has 3 aromatic carbocycles. The smallest absolute Gasteiger partial charge is 0.246 e. The topological polar surface area (TPSA) is 67.9 Å². The van der Waals surface area contributed by atoms with Gasteiger partial charge in [0.25, 0.3) is 0 Å². The predicted octanol–water partition coefficient (Wildman–Crippen LogP) is 5.46. The highest BCUT2D eigenvalue weighted by Gasteiger charge is 2.39. The minimum Gasteiger partial charge on any atom is -0.497 e. The fourth-order valence-corrected chi connectivity index (χ4v) is 3.74. The molecule has 0 saturated carbocycles. The average molecular weight is 481 g/mol. The Balaban J connectivity index is 1.81. The fourth-order valence-electron chi connectivity index (χ4n) is 3.62. The lowest BCUT2D eigenvalue weighted by molar-refractivity contribution is -0.128.